The van der Waals surface area contributed by atoms with Crippen LogP contribution >= 0.6 is 0 Å². The van der Waals surface area contributed by atoms with Crippen molar-refractivity contribution >= 4 is 0 Å². The number of rotatable bonds is 4. The van der Waals surface area contributed by atoms with Crippen molar-refractivity contribution in [3.63, 3.8) is 0 Å². The lowest BCUT2D eigenvalue weighted by atomic mass is 10.0. The minimum Gasteiger partial charge on any atom is -0.326 e. The first-order chi connectivity index (χ1) is 8.61. The molecule has 0 radical (unpaired) electrons. The van der Waals surface area contributed by atoms with Crippen LogP contribution in [0.5, 0.6) is 0 Å². The van der Waals surface area contributed by atoms with E-state index in [2.05, 4.69) is 41.4 Å². The van der Waals surface area contributed by atoms with Crippen LogP contribution in [0.4, 0.5) is 0 Å². The van der Waals surface area contributed by atoms with E-state index in [4.69, 9.17) is 5.73 Å². The molecule has 2 aromatic heterocycles. The SMILES string of the molecule is CC(C)C(N)c1cncn1C(C)c1cccnc1. The molecule has 2 aromatic rings. The van der Waals surface area contributed by atoms with Crippen LogP contribution in [-0.4, -0.2) is 14.5 Å². The minimum absolute atomic E-state index is 0.00613. The van der Waals surface area contributed by atoms with Gasteiger partial charge in [0.15, 0.2) is 0 Å². The zero-order valence-corrected chi connectivity index (χ0v) is 11.1. The summed E-state index contributed by atoms with van der Waals surface area (Å²) in [7, 11) is 0. The number of aromatic nitrogens is 3. The molecule has 0 aliphatic heterocycles. The highest BCUT2D eigenvalue weighted by molar-refractivity contribution is 5.17. The van der Waals surface area contributed by atoms with Gasteiger partial charge in [0.05, 0.1) is 18.1 Å². The number of hydrogen-bond donors (Lipinski definition) is 1. The van der Waals surface area contributed by atoms with Gasteiger partial charge < -0.3 is 10.3 Å². The van der Waals surface area contributed by atoms with Crippen molar-refractivity contribution in [2.45, 2.75) is 32.9 Å². The highest BCUT2D eigenvalue weighted by atomic mass is 15.1. The summed E-state index contributed by atoms with van der Waals surface area (Å²) < 4.78 is 2.13. The highest BCUT2D eigenvalue weighted by Crippen LogP contribution is 2.24. The minimum atomic E-state index is 0.00613. The van der Waals surface area contributed by atoms with Crippen molar-refractivity contribution in [3.8, 4) is 0 Å². The topological polar surface area (TPSA) is 56.7 Å². The van der Waals surface area contributed by atoms with Crippen LogP contribution in [0, 0.1) is 5.92 Å². The molecule has 4 heteroatoms. The molecule has 2 N–H and O–H groups in total. The molecule has 0 aromatic carbocycles. The van der Waals surface area contributed by atoms with Gasteiger partial charge in [0.2, 0.25) is 0 Å². The number of imidazole rings is 1. The van der Waals surface area contributed by atoms with Crippen LogP contribution in [-0.2, 0) is 0 Å². The van der Waals surface area contributed by atoms with Gasteiger partial charge in [-0.05, 0) is 24.5 Å². The van der Waals surface area contributed by atoms with E-state index in [1.165, 1.54) is 0 Å². The average Bonchev–Trinajstić information content (AvgIpc) is 2.87. The molecule has 0 saturated carbocycles. The van der Waals surface area contributed by atoms with E-state index in [0.29, 0.717) is 5.92 Å². The predicted molar refractivity (Wildman–Crippen MR) is 72.0 cm³/mol. The Balaban J connectivity index is 2.32. The fourth-order valence-corrected chi connectivity index (χ4v) is 2.02. The Bertz CT molecular complexity index is 490. The molecule has 0 amide bonds. The Kier molecular flexibility index (Phi) is 3.77. The highest BCUT2D eigenvalue weighted by Gasteiger charge is 2.18. The monoisotopic (exact) mass is 244 g/mol. The van der Waals surface area contributed by atoms with Crippen molar-refractivity contribution < 1.29 is 0 Å². The van der Waals surface area contributed by atoms with Crippen molar-refractivity contribution in [1.29, 1.82) is 0 Å². The van der Waals surface area contributed by atoms with Gasteiger partial charge in [0.25, 0.3) is 0 Å². The van der Waals surface area contributed by atoms with E-state index in [0.717, 1.165) is 11.3 Å². The first-order valence-corrected chi connectivity index (χ1v) is 6.28. The molecule has 2 unspecified atom stereocenters. The Labute approximate surface area is 108 Å². The Morgan fingerprint density at radius 1 is 1.17 bits per heavy atom. The molecule has 0 bridgehead atoms. The first-order valence-electron chi connectivity index (χ1n) is 6.28. The first kappa shape index (κ1) is 12.8. The molecule has 0 spiro atoms. The Morgan fingerprint density at radius 2 is 1.94 bits per heavy atom. The zero-order valence-electron chi connectivity index (χ0n) is 11.1. The summed E-state index contributed by atoms with van der Waals surface area (Å²) >= 11 is 0. The Morgan fingerprint density at radius 3 is 2.56 bits per heavy atom. The molecule has 0 saturated heterocycles. The maximum absolute atomic E-state index is 6.22. The lowest BCUT2D eigenvalue weighted by Crippen LogP contribution is -2.22. The van der Waals surface area contributed by atoms with Gasteiger partial charge in [-0.25, -0.2) is 4.98 Å². The summed E-state index contributed by atoms with van der Waals surface area (Å²) in [5, 5.41) is 0. The second kappa shape index (κ2) is 5.31. The summed E-state index contributed by atoms with van der Waals surface area (Å²) in [6.45, 7) is 6.38. The summed E-state index contributed by atoms with van der Waals surface area (Å²) in [4.78, 5) is 8.40. The van der Waals surface area contributed by atoms with Gasteiger partial charge in [-0.15, -0.1) is 0 Å². The van der Waals surface area contributed by atoms with E-state index in [-0.39, 0.29) is 12.1 Å². The number of hydrogen-bond acceptors (Lipinski definition) is 3. The largest absolute Gasteiger partial charge is 0.326 e. The maximum atomic E-state index is 6.22. The fourth-order valence-electron chi connectivity index (χ4n) is 2.02. The van der Waals surface area contributed by atoms with Gasteiger partial charge in [-0.2, -0.15) is 0 Å². The fraction of sp³-hybridized carbons (Fsp3) is 0.429. The van der Waals surface area contributed by atoms with Gasteiger partial charge in [-0.1, -0.05) is 19.9 Å². The summed E-state index contributed by atoms with van der Waals surface area (Å²) in [5.41, 5.74) is 8.45. The molecule has 0 fully saturated rings. The van der Waals surface area contributed by atoms with E-state index in [9.17, 15) is 0 Å². The molecule has 2 rings (SSSR count). The Hall–Kier alpha value is -1.68. The standard InChI is InChI=1S/C14H20N4/c1-10(2)14(15)13-8-17-9-18(13)11(3)12-5-4-6-16-7-12/h4-11,14H,15H2,1-3H3. The van der Waals surface area contributed by atoms with E-state index < -0.39 is 0 Å². The number of pyridine rings is 1. The van der Waals surface area contributed by atoms with Crippen molar-refractivity contribution in [3.05, 3.63) is 48.3 Å². The molecule has 0 aliphatic rings. The van der Waals surface area contributed by atoms with Crippen molar-refractivity contribution in [2.24, 2.45) is 11.7 Å². The van der Waals surface area contributed by atoms with Crippen molar-refractivity contribution in [2.75, 3.05) is 0 Å². The summed E-state index contributed by atoms with van der Waals surface area (Å²) in [5.74, 6) is 0.390. The summed E-state index contributed by atoms with van der Waals surface area (Å²) in [6, 6.07) is 4.22. The van der Waals surface area contributed by atoms with Crippen LogP contribution in [0.25, 0.3) is 0 Å². The van der Waals surface area contributed by atoms with Crippen LogP contribution in [0.2, 0.25) is 0 Å². The van der Waals surface area contributed by atoms with Crippen molar-refractivity contribution in [1.82, 2.24) is 14.5 Å². The third-order valence-corrected chi connectivity index (χ3v) is 3.34. The van der Waals surface area contributed by atoms with E-state index in [1.807, 2.05) is 24.8 Å². The van der Waals surface area contributed by atoms with E-state index >= 15 is 0 Å². The zero-order chi connectivity index (χ0) is 13.1. The van der Waals surface area contributed by atoms with Gasteiger partial charge in [0, 0.05) is 24.6 Å². The van der Waals surface area contributed by atoms with Crippen LogP contribution in [0.15, 0.2) is 37.1 Å². The molecule has 0 aliphatic carbocycles. The van der Waals surface area contributed by atoms with Gasteiger partial charge >= 0.3 is 0 Å². The second-order valence-electron chi connectivity index (χ2n) is 4.96. The normalized spacial score (nSPS) is 14.7. The van der Waals surface area contributed by atoms with Crippen LogP contribution in [0.3, 0.4) is 0 Å². The van der Waals surface area contributed by atoms with Gasteiger partial charge in [0.1, 0.15) is 0 Å². The number of nitrogens with zero attached hydrogens (tertiary/aromatic N) is 3. The van der Waals surface area contributed by atoms with E-state index in [1.54, 1.807) is 6.20 Å². The second-order valence-corrected chi connectivity index (χ2v) is 4.96. The van der Waals surface area contributed by atoms with Crippen LogP contribution in [0.1, 0.15) is 44.1 Å². The maximum Gasteiger partial charge on any atom is 0.0954 e. The third kappa shape index (κ3) is 2.43. The third-order valence-electron chi connectivity index (χ3n) is 3.34. The van der Waals surface area contributed by atoms with Crippen LogP contribution < -0.4 is 5.73 Å². The molecule has 96 valence electrons. The molecular weight excluding hydrogens is 224 g/mol. The smallest absolute Gasteiger partial charge is 0.0954 e. The molecule has 2 atom stereocenters. The summed E-state index contributed by atoms with van der Waals surface area (Å²) in [6.07, 6.45) is 7.37. The predicted octanol–water partition coefficient (Wildman–Crippen LogP) is 2.54. The lowest BCUT2D eigenvalue weighted by molar-refractivity contribution is 0.468. The average molecular weight is 244 g/mol. The van der Waals surface area contributed by atoms with Gasteiger partial charge in [-0.3, -0.25) is 4.98 Å². The molecule has 4 nitrogen and oxygen atoms in total. The molecule has 2 heterocycles. The molecule has 18 heavy (non-hydrogen) atoms. The quantitative estimate of drug-likeness (QED) is 0.899. The number of nitrogens with two attached hydrogens (primary N) is 1. The molecular formula is C14H20N4. The lowest BCUT2D eigenvalue weighted by Gasteiger charge is -2.22.